The summed E-state index contributed by atoms with van der Waals surface area (Å²) in [5.74, 6) is 0.899. The number of nitrogens with one attached hydrogen (secondary N) is 1. The summed E-state index contributed by atoms with van der Waals surface area (Å²) in [6, 6.07) is 8.58. The largest absolute Gasteiger partial charge is 0.263 e. The predicted molar refractivity (Wildman–Crippen MR) is 103 cm³/mol. The molecular formula is C17H18BrN5O2S. The summed E-state index contributed by atoms with van der Waals surface area (Å²) in [7, 11) is -3.75. The van der Waals surface area contributed by atoms with Crippen molar-refractivity contribution in [2.24, 2.45) is 0 Å². The fraction of sp³-hybridized carbons (Fsp3) is 0.235. The lowest BCUT2D eigenvalue weighted by Crippen LogP contribution is -2.14. The minimum Gasteiger partial charge on any atom is -0.261 e. The lowest BCUT2D eigenvalue weighted by molar-refractivity contribution is 0.600. The molecule has 2 aromatic heterocycles. The van der Waals surface area contributed by atoms with Crippen molar-refractivity contribution in [2.45, 2.75) is 31.1 Å². The number of nitrogens with zero attached hydrogens (tertiary/aromatic N) is 4. The summed E-state index contributed by atoms with van der Waals surface area (Å²) in [5, 5.41) is 4.20. The molecule has 0 saturated heterocycles. The van der Waals surface area contributed by atoms with E-state index in [1.165, 1.54) is 4.68 Å². The molecule has 0 saturated carbocycles. The Balaban J connectivity index is 1.85. The molecule has 3 rings (SSSR count). The molecule has 26 heavy (non-hydrogen) atoms. The van der Waals surface area contributed by atoms with Crippen molar-refractivity contribution >= 4 is 31.8 Å². The number of benzene rings is 1. The van der Waals surface area contributed by atoms with E-state index in [9.17, 15) is 8.42 Å². The molecule has 0 radical (unpaired) electrons. The van der Waals surface area contributed by atoms with Gasteiger partial charge in [0, 0.05) is 12.4 Å². The Morgan fingerprint density at radius 2 is 1.85 bits per heavy atom. The van der Waals surface area contributed by atoms with Crippen molar-refractivity contribution in [1.82, 2.24) is 19.7 Å². The Morgan fingerprint density at radius 1 is 1.19 bits per heavy atom. The van der Waals surface area contributed by atoms with Crippen molar-refractivity contribution < 1.29 is 8.42 Å². The SMILES string of the molecule is CC[C@H](C)c1ccc(S(=O)(=O)Nc2nn(-c3ncccn3)cc2Br)cc1. The summed E-state index contributed by atoms with van der Waals surface area (Å²) in [4.78, 5) is 8.35. The maximum absolute atomic E-state index is 12.6. The van der Waals surface area contributed by atoms with Crippen LogP contribution in [-0.4, -0.2) is 28.2 Å². The van der Waals surface area contributed by atoms with E-state index in [2.05, 4.69) is 49.6 Å². The average Bonchev–Trinajstić information content (AvgIpc) is 3.02. The highest BCUT2D eigenvalue weighted by Crippen LogP contribution is 2.25. The Bertz CT molecular complexity index is 988. The fourth-order valence-corrected chi connectivity index (χ4v) is 3.85. The highest BCUT2D eigenvalue weighted by Gasteiger charge is 2.19. The van der Waals surface area contributed by atoms with Crippen LogP contribution in [-0.2, 0) is 10.0 Å². The second-order valence-electron chi connectivity index (χ2n) is 5.80. The predicted octanol–water partition coefficient (Wildman–Crippen LogP) is 3.74. The minimum absolute atomic E-state index is 0.170. The summed E-state index contributed by atoms with van der Waals surface area (Å²) < 4.78 is 29.7. The third-order valence-corrected chi connectivity index (χ3v) is 5.96. The maximum atomic E-state index is 12.6. The first-order valence-electron chi connectivity index (χ1n) is 8.06. The van der Waals surface area contributed by atoms with Gasteiger partial charge >= 0.3 is 0 Å². The van der Waals surface area contributed by atoms with Gasteiger partial charge in [0.05, 0.1) is 15.6 Å². The molecule has 0 bridgehead atoms. The quantitative estimate of drug-likeness (QED) is 0.636. The van der Waals surface area contributed by atoms with Crippen LogP contribution < -0.4 is 4.72 Å². The Morgan fingerprint density at radius 3 is 2.46 bits per heavy atom. The standard InChI is InChI=1S/C17H18BrN5O2S/c1-3-12(2)13-5-7-14(8-6-13)26(24,25)22-16-15(18)11-23(21-16)17-19-9-4-10-20-17/h4-12H,3H2,1-2H3,(H,21,22)/t12-/m0/s1. The van der Waals surface area contributed by atoms with Gasteiger partial charge in [0.2, 0.25) is 0 Å². The van der Waals surface area contributed by atoms with E-state index in [1.54, 1.807) is 36.8 Å². The molecule has 1 N–H and O–H groups in total. The van der Waals surface area contributed by atoms with Gasteiger partial charge in [-0.25, -0.2) is 23.1 Å². The second kappa shape index (κ2) is 7.55. The van der Waals surface area contributed by atoms with Crippen molar-refractivity contribution in [3.05, 3.63) is 59.0 Å². The normalized spacial score (nSPS) is 12.7. The van der Waals surface area contributed by atoms with Crippen LogP contribution >= 0.6 is 15.9 Å². The smallest absolute Gasteiger partial charge is 0.261 e. The molecule has 3 aromatic rings. The van der Waals surface area contributed by atoms with Crippen LogP contribution in [0.1, 0.15) is 31.7 Å². The average molecular weight is 436 g/mol. The molecule has 2 heterocycles. The van der Waals surface area contributed by atoms with Crippen LogP contribution in [0.15, 0.2) is 58.3 Å². The molecule has 0 unspecified atom stereocenters. The molecule has 0 amide bonds. The van der Waals surface area contributed by atoms with Gasteiger partial charge in [0.25, 0.3) is 16.0 Å². The zero-order chi connectivity index (χ0) is 18.7. The van der Waals surface area contributed by atoms with Crippen LogP contribution in [0.25, 0.3) is 5.95 Å². The highest BCUT2D eigenvalue weighted by molar-refractivity contribution is 9.10. The van der Waals surface area contributed by atoms with Gasteiger partial charge in [-0.2, -0.15) is 0 Å². The molecule has 9 heteroatoms. The van der Waals surface area contributed by atoms with E-state index in [0.717, 1.165) is 12.0 Å². The van der Waals surface area contributed by atoms with Gasteiger partial charge in [-0.1, -0.05) is 26.0 Å². The monoisotopic (exact) mass is 435 g/mol. The summed E-state index contributed by atoms with van der Waals surface area (Å²) in [6.45, 7) is 4.21. The van der Waals surface area contributed by atoms with Crippen LogP contribution in [0.5, 0.6) is 0 Å². The third-order valence-electron chi connectivity index (χ3n) is 4.03. The lowest BCUT2D eigenvalue weighted by Gasteiger charge is -2.10. The zero-order valence-electron chi connectivity index (χ0n) is 14.3. The van der Waals surface area contributed by atoms with Gasteiger partial charge < -0.3 is 0 Å². The van der Waals surface area contributed by atoms with E-state index in [-0.39, 0.29) is 10.7 Å². The molecule has 1 aromatic carbocycles. The number of aromatic nitrogens is 4. The summed E-state index contributed by atoms with van der Waals surface area (Å²) in [5.41, 5.74) is 1.11. The second-order valence-corrected chi connectivity index (χ2v) is 8.34. The topological polar surface area (TPSA) is 89.8 Å². The highest BCUT2D eigenvalue weighted by atomic mass is 79.9. The Hall–Kier alpha value is -2.26. The number of anilines is 1. The van der Waals surface area contributed by atoms with E-state index in [4.69, 9.17) is 0 Å². The molecule has 0 aliphatic rings. The number of hydrogen-bond donors (Lipinski definition) is 1. The molecule has 0 spiro atoms. The fourth-order valence-electron chi connectivity index (χ4n) is 2.33. The number of sulfonamides is 1. The Kier molecular flexibility index (Phi) is 5.38. The summed E-state index contributed by atoms with van der Waals surface area (Å²) >= 11 is 3.31. The van der Waals surface area contributed by atoms with Crippen molar-refractivity contribution in [2.75, 3.05) is 4.72 Å². The van der Waals surface area contributed by atoms with Crippen molar-refractivity contribution in [1.29, 1.82) is 0 Å². The molecule has 0 aliphatic heterocycles. The first-order valence-corrected chi connectivity index (χ1v) is 10.3. The third kappa shape index (κ3) is 3.94. The molecule has 7 nitrogen and oxygen atoms in total. The lowest BCUT2D eigenvalue weighted by atomic mass is 9.99. The molecule has 1 atom stereocenters. The van der Waals surface area contributed by atoms with Crippen LogP contribution in [0, 0.1) is 0 Å². The van der Waals surface area contributed by atoms with Gasteiger partial charge in [0.15, 0.2) is 5.82 Å². The molecule has 136 valence electrons. The van der Waals surface area contributed by atoms with Crippen LogP contribution in [0.2, 0.25) is 0 Å². The maximum Gasteiger partial charge on any atom is 0.263 e. The Labute approximate surface area is 160 Å². The number of halogens is 1. The van der Waals surface area contributed by atoms with Crippen LogP contribution in [0.4, 0.5) is 5.82 Å². The minimum atomic E-state index is -3.75. The number of rotatable bonds is 6. The molecular weight excluding hydrogens is 418 g/mol. The number of hydrogen-bond acceptors (Lipinski definition) is 5. The first-order chi connectivity index (χ1) is 12.4. The van der Waals surface area contributed by atoms with Crippen molar-refractivity contribution in [3.8, 4) is 5.95 Å². The van der Waals surface area contributed by atoms with Crippen LogP contribution in [0.3, 0.4) is 0 Å². The molecule has 0 aliphatic carbocycles. The van der Waals surface area contributed by atoms with Crippen molar-refractivity contribution in [3.63, 3.8) is 0 Å². The first kappa shape index (κ1) is 18.5. The van der Waals surface area contributed by atoms with Gasteiger partial charge in [-0.15, -0.1) is 5.10 Å². The molecule has 0 fully saturated rings. The van der Waals surface area contributed by atoms with E-state index in [0.29, 0.717) is 16.3 Å². The van der Waals surface area contributed by atoms with E-state index < -0.39 is 10.0 Å². The van der Waals surface area contributed by atoms with E-state index >= 15 is 0 Å². The zero-order valence-corrected chi connectivity index (χ0v) is 16.7. The summed E-state index contributed by atoms with van der Waals surface area (Å²) in [6.07, 6.45) is 5.76. The van der Waals surface area contributed by atoms with Gasteiger partial charge in [-0.3, -0.25) is 4.72 Å². The van der Waals surface area contributed by atoms with E-state index in [1.807, 2.05) is 12.1 Å². The van der Waals surface area contributed by atoms with Gasteiger partial charge in [0.1, 0.15) is 0 Å². The van der Waals surface area contributed by atoms with Gasteiger partial charge in [-0.05, 0) is 52.0 Å².